The highest BCUT2D eigenvalue weighted by atomic mass is 16.5. The molecule has 1 amide bonds. The van der Waals surface area contributed by atoms with Crippen LogP contribution in [0.3, 0.4) is 0 Å². The summed E-state index contributed by atoms with van der Waals surface area (Å²) >= 11 is 0. The van der Waals surface area contributed by atoms with E-state index in [1.807, 2.05) is 39.0 Å². The van der Waals surface area contributed by atoms with Gasteiger partial charge in [0.1, 0.15) is 17.3 Å². The van der Waals surface area contributed by atoms with E-state index in [-0.39, 0.29) is 11.8 Å². The summed E-state index contributed by atoms with van der Waals surface area (Å²) in [5.74, 6) is 1.93. The van der Waals surface area contributed by atoms with Crippen molar-refractivity contribution in [3.05, 3.63) is 48.0 Å². The molecule has 0 N–H and O–H groups in total. The van der Waals surface area contributed by atoms with E-state index >= 15 is 0 Å². The average molecular weight is 354 g/mol. The number of carbonyl (C=O) groups excluding carboxylic acids is 1. The third-order valence-electron chi connectivity index (χ3n) is 4.12. The van der Waals surface area contributed by atoms with Gasteiger partial charge in [-0.3, -0.25) is 9.78 Å². The van der Waals surface area contributed by atoms with Crippen LogP contribution < -0.4 is 0 Å². The molecule has 0 radical (unpaired) electrons. The lowest BCUT2D eigenvalue weighted by molar-refractivity contribution is -0.135. The predicted octanol–water partition coefficient (Wildman–Crippen LogP) is 2.24. The van der Waals surface area contributed by atoms with Gasteiger partial charge in [-0.1, -0.05) is 12.1 Å². The normalized spacial score (nSPS) is 12.2. The van der Waals surface area contributed by atoms with Gasteiger partial charge in [0.05, 0.1) is 19.0 Å². The fourth-order valence-electron chi connectivity index (χ4n) is 2.80. The van der Waals surface area contributed by atoms with E-state index in [2.05, 4.69) is 20.2 Å². The second-order valence-electron chi connectivity index (χ2n) is 6.40. The van der Waals surface area contributed by atoms with E-state index in [1.165, 1.54) is 0 Å². The van der Waals surface area contributed by atoms with Gasteiger partial charge in [0.25, 0.3) is 0 Å². The van der Waals surface area contributed by atoms with Crippen LogP contribution in [-0.2, 0) is 17.9 Å². The Kier molecular flexibility index (Phi) is 5.11. The first-order valence-corrected chi connectivity index (χ1v) is 8.43. The van der Waals surface area contributed by atoms with Crippen LogP contribution in [0.25, 0.3) is 11.3 Å². The Labute approximate surface area is 151 Å². The minimum absolute atomic E-state index is 0.0110. The lowest BCUT2D eigenvalue weighted by atomic mass is 10.1. The fourth-order valence-corrected chi connectivity index (χ4v) is 2.80. The first kappa shape index (κ1) is 17.8. The molecule has 3 rings (SSSR count). The third-order valence-corrected chi connectivity index (χ3v) is 4.12. The van der Waals surface area contributed by atoms with Gasteiger partial charge in [-0.05, 0) is 26.0 Å². The first-order chi connectivity index (χ1) is 12.4. The number of carbonyl (C=O) groups is 1. The van der Waals surface area contributed by atoms with E-state index in [4.69, 9.17) is 4.52 Å². The highest BCUT2D eigenvalue weighted by Crippen LogP contribution is 2.19. The molecule has 136 valence electrons. The van der Waals surface area contributed by atoms with Crippen molar-refractivity contribution in [2.45, 2.75) is 33.9 Å². The van der Waals surface area contributed by atoms with Crippen molar-refractivity contribution in [3.63, 3.8) is 0 Å². The molecule has 0 aliphatic carbocycles. The monoisotopic (exact) mass is 354 g/mol. The number of hydrogen-bond donors (Lipinski definition) is 0. The molecule has 0 spiro atoms. The van der Waals surface area contributed by atoms with Crippen LogP contribution >= 0.6 is 0 Å². The van der Waals surface area contributed by atoms with Crippen LogP contribution in [-0.4, -0.2) is 42.8 Å². The summed E-state index contributed by atoms with van der Waals surface area (Å²) in [7, 11) is 1.75. The Balaban J connectivity index is 1.62. The molecule has 0 saturated heterocycles. The van der Waals surface area contributed by atoms with Crippen LogP contribution in [0.5, 0.6) is 0 Å². The summed E-state index contributed by atoms with van der Waals surface area (Å²) in [6.45, 7) is 6.46. The Morgan fingerprint density at radius 3 is 2.85 bits per heavy atom. The van der Waals surface area contributed by atoms with E-state index in [0.717, 1.165) is 11.4 Å². The van der Waals surface area contributed by atoms with Crippen molar-refractivity contribution in [2.24, 2.45) is 5.92 Å². The molecule has 8 heteroatoms. The van der Waals surface area contributed by atoms with Gasteiger partial charge in [-0.15, -0.1) is 0 Å². The van der Waals surface area contributed by atoms with Gasteiger partial charge in [0, 0.05) is 31.1 Å². The molecule has 0 aliphatic rings. The molecule has 3 aromatic rings. The number of aryl methyl sites for hydroxylation is 2. The Morgan fingerprint density at radius 2 is 2.19 bits per heavy atom. The van der Waals surface area contributed by atoms with Crippen LogP contribution in [0.15, 0.2) is 35.1 Å². The number of aromatic nitrogens is 5. The Bertz CT molecular complexity index is 886. The average Bonchev–Trinajstić information content (AvgIpc) is 3.21. The van der Waals surface area contributed by atoms with Gasteiger partial charge >= 0.3 is 0 Å². The highest BCUT2D eigenvalue weighted by Gasteiger charge is 2.21. The van der Waals surface area contributed by atoms with E-state index in [9.17, 15) is 4.79 Å². The maximum atomic E-state index is 12.6. The summed E-state index contributed by atoms with van der Waals surface area (Å²) in [6.07, 6.45) is 3.43. The van der Waals surface area contributed by atoms with Crippen molar-refractivity contribution in [1.82, 2.24) is 29.8 Å². The Hall–Kier alpha value is -3.03. The van der Waals surface area contributed by atoms with Gasteiger partial charge < -0.3 is 9.42 Å². The van der Waals surface area contributed by atoms with Crippen LogP contribution in [0.4, 0.5) is 0 Å². The SMILES string of the molecule is Cc1nc(C)n(C[C@H](C)C(=O)N(C)Cc2cc(-c3cccnc3)no2)n1. The molecule has 0 aliphatic heterocycles. The molecule has 8 nitrogen and oxygen atoms in total. The zero-order valence-electron chi connectivity index (χ0n) is 15.4. The molecule has 0 saturated carbocycles. The molecule has 1 atom stereocenters. The van der Waals surface area contributed by atoms with Crippen molar-refractivity contribution in [2.75, 3.05) is 7.05 Å². The number of nitrogens with zero attached hydrogens (tertiary/aromatic N) is 6. The topological polar surface area (TPSA) is 89.9 Å². The number of rotatable bonds is 6. The molecule has 3 heterocycles. The van der Waals surface area contributed by atoms with Crippen molar-refractivity contribution in [1.29, 1.82) is 0 Å². The van der Waals surface area contributed by atoms with Gasteiger partial charge in [0.2, 0.25) is 5.91 Å². The van der Waals surface area contributed by atoms with Crippen LogP contribution in [0.2, 0.25) is 0 Å². The molecular formula is C18H22N6O2. The zero-order valence-corrected chi connectivity index (χ0v) is 15.4. The number of amides is 1. The second kappa shape index (κ2) is 7.47. The first-order valence-electron chi connectivity index (χ1n) is 8.43. The number of hydrogen-bond acceptors (Lipinski definition) is 6. The Morgan fingerprint density at radius 1 is 1.38 bits per heavy atom. The van der Waals surface area contributed by atoms with Crippen LogP contribution in [0.1, 0.15) is 24.3 Å². The predicted molar refractivity (Wildman–Crippen MR) is 94.9 cm³/mol. The summed E-state index contributed by atoms with van der Waals surface area (Å²) in [5.41, 5.74) is 1.58. The summed E-state index contributed by atoms with van der Waals surface area (Å²) in [5, 5.41) is 8.36. The second-order valence-corrected chi connectivity index (χ2v) is 6.40. The summed E-state index contributed by atoms with van der Waals surface area (Å²) in [4.78, 5) is 22.6. The van der Waals surface area contributed by atoms with E-state index < -0.39 is 0 Å². The van der Waals surface area contributed by atoms with Gasteiger partial charge in [-0.25, -0.2) is 9.67 Å². The summed E-state index contributed by atoms with van der Waals surface area (Å²) in [6, 6.07) is 5.58. The zero-order chi connectivity index (χ0) is 18.7. The lowest BCUT2D eigenvalue weighted by Gasteiger charge is -2.20. The highest BCUT2D eigenvalue weighted by molar-refractivity contribution is 5.78. The molecule has 26 heavy (non-hydrogen) atoms. The molecule has 0 bridgehead atoms. The van der Waals surface area contributed by atoms with Gasteiger partial charge in [-0.2, -0.15) is 5.10 Å². The lowest BCUT2D eigenvalue weighted by Crippen LogP contribution is -2.33. The van der Waals surface area contributed by atoms with Crippen LogP contribution in [0, 0.1) is 19.8 Å². The van der Waals surface area contributed by atoms with Crippen molar-refractivity contribution < 1.29 is 9.32 Å². The molecule has 3 aromatic heterocycles. The minimum Gasteiger partial charge on any atom is -0.359 e. The molecular weight excluding hydrogens is 332 g/mol. The van der Waals surface area contributed by atoms with E-state index in [0.29, 0.717) is 30.4 Å². The van der Waals surface area contributed by atoms with Crippen molar-refractivity contribution >= 4 is 5.91 Å². The van der Waals surface area contributed by atoms with Crippen molar-refractivity contribution in [3.8, 4) is 11.3 Å². The largest absolute Gasteiger partial charge is 0.359 e. The molecule has 0 fully saturated rings. The molecule has 0 unspecified atom stereocenters. The maximum Gasteiger partial charge on any atom is 0.227 e. The summed E-state index contributed by atoms with van der Waals surface area (Å²) < 4.78 is 7.13. The molecule has 0 aromatic carbocycles. The number of pyridine rings is 1. The fraction of sp³-hybridized carbons (Fsp3) is 0.389. The maximum absolute atomic E-state index is 12.6. The smallest absolute Gasteiger partial charge is 0.227 e. The minimum atomic E-state index is -0.222. The van der Waals surface area contributed by atoms with Gasteiger partial charge in [0.15, 0.2) is 5.76 Å². The third kappa shape index (κ3) is 3.96. The van der Waals surface area contributed by atoms with E-state index in [1.54, 1.807) is 29.0 Å². The quantitative estimate of drug-likeness (QED) is 0.674. The standard InChI is InChI=1S/C18H22N6O2/c1-12(10-24-14(3)20-13(2)21-24)18(25)23(4)11-16-8-17(22-26-16)15-6-5-7-19-9-15/h5-9,12H,10-11H2,1-4H3/t12-/m0/s1.